The van der Waals surface area contributed by atoms with Gasteiger partial charge in [0.05, 0.1) is 5.56 Å². The van der Waals surface area contributed by atoms with E-state index in [9.17, 15) is 4.79 Å². The summed E-state index contributed by atoms with van der Waals surface area (Å²) in [7, 11) is 0. The van der Waals surface area contributed by atoms with Crippen LogP contribution in [0.25, 0.3) is 11.1 Å². The summed E-state index contributed by atoms with van der Waals surface area (Å²) >= 11 is 0. The van der Waals surface area contributed by atoms with E-state index in [2.05, 4.69) is 35.4 Å². The zero-order valence-corrected chi connectivity index (χ0v) is 16.3. The summed E-state index contributed by atoms with van der Waals surface area (Å²) in [6.07, 6.45) is 4.83. The highest BCUT2D eigenvalue weighted by molar-refractivity contribution is 6.02. The van der Waals surface area contributed by atoms with Crippen LogP contribution in [0.2, 0.25) is 0 Å². The van der Waals surface area contributed by atoms with Crippen LogP contribution in [-0.2, 0) is 13.0 Å². The molecular weight excluding hydrogens is 322 g/mol. The Morgan fingerprint density at radius 1 is 1.08 bits per heavy atom. The van der Waals surface area contributed by atoms with Gasteiger partial charge in [0.1, 0.15) is 0 Å². The molecular formula is C22H31N3O. The number of carbonyl (C=O) groups is 1. The van der Waals surface area contributed by atoms with Crippen molar-refractivity contribution in [2.45, 2.75) is 53.0 Å². The summed E-state index contributed by atoms with van der Waals surface area (Å²) in [6.45, 7) is 10.6. The monoisotopic (exact) mass is 353 g/mol. The van der Waals surface area contributed by atoms with Crippen molar-refractivity contribution in [2.75, 3.05) is 19.6 Å². The largest absolute Gasteiger partial charge is 0.366 e. The first-order valence-corrected chi connectivity index (χ1v) is 9.84. The first kappa shape index (κ1) is 18.7. The lowest BCUT2D eigenvalue weighted by atomic mass is 9.95. The second-order valence-electron chi connectivity index (χ2n) is 7.37. The van der Waals surface area contributed by atoms with Gasteiger partial charge in [0.15, 0.2) is 0 Å². The number of carbonyl (C=O) groups excluding carboxylic acids is 1. The Bertz CT molecular complexity index is 785. The second kappa shape index (κ2) is 8.09. The molecule has 0 radical (unpaired) electrons. The van der Waals surface area contributed by atoms with Crippen molar-refractivity contribution >= 4 is 5.91 Å². The van der Waals surface area contributed by atoms with Crippen molar-refractivity contribution in [1.29, 1.82) is 0 Å². The van der Waals surface area contributed by atoms with Crippen LogP contribution in [0.5, 0.6) is 0 Å². The molecule has 0 aliphatic carbocycles. The molecule has 1 aliphatic rings. The van der Waals surface area contributed by atoms with Crippen molar-refractivity contribution in [3.05, 3.63) is 46.8 Å². The quantitative estimate of drug-likeness (QED) is 0.856. The van der Waals surface area contributed by atoms with Gasteiger partial charge in [-0.25, -0.2) is 0 Å². The van der Waals surface area contributed by atoms with E-state index in [1.54, 1.807) is 0 Å². The van der Waals surface area contributed by atoms with Gasteiger partial charge in [-0.15, -0.1) is 0 Å². The van der Waals surface area contributed by atoms with Crippen molar-refractivity contribution in [2.24, 2.45) is 5.73 Å². The van der Waals surface area contributed by atoms with Gasteiger partial charge < -0.3 is 15.2 Å². The predicted molar refractivity (Wildman–Crippen MR) is 108 cm³/mol. The molecule has 4 heteroatoms. The maximum Gasteiger partial charge on any atom is 0.251 e. The van der Waals surface area contributed by atoms with Crippen LogP contribution in [0, 0.1) is 13.8 Å². The standard InChI is InChI=1S/C22H31N3O/c1-4-19-21(18-11-7-6-10-16(18)2)20(22(23)26)17(3)25(19)15-14-24-12-8-5-9-13-24/h6-7,10-11H,4-5,8-9,12-15H2,1-3H3,(H2,23,26). The normalized spacial score (nSPS) is 15.3. The highest BCUT2D eigenvalue weighted by Gasteiger charge is 2.25. The number of nitrogens with two attached hydrogens (primary N) is 1. The Balaban J connectivity index is 2.03. The van der Waals surface area contributed by atoms with E-state index in [1.807, 2.05) is 19.1 Å². The number of hydrogen-bond acceptors (Lipinski definition) is 2. The maximum atomic E-state index is 12.3. The molecule has 1 saturated heterocycles. The molecule has 1 amide bonds. The molecule has 2 aromatic rings. The van der Waals surface area contributed by atoms with Crippen LogP contribution in [0.3, 0.4) is 0 Å². The Kier molecular flexibility index (Phi) is 5.82. The Labute approximate surface area is 157 Å². The highest BCUT2D eigenvalue weighted by Crippen LogP contribution is 2.35. The number of nitrogens with zero attached hydrogens (tertiary/aromatic N) is 2. The van der Waals surface area contributed by atoms with Crippen molar-refractivity contribution in [3.63, 3.8) is 0 Å². The van der Waals surface area contributed by atoms with Crippen LogP contribution in [0.4, 0.5) is 0 Å². The summed E-state index contributed by atoms with van der Waals surface area (Å²) in [5.41, 5.74) is 12.1. The van der Waals surface area contributed by atoms with E-state index in [0.29, 0.717) is 5.56 Å². The summed E-state index contributed by atoms with van der Waals surface area (Å²) in [5, 5.41) is 0. The third-order valence-corrected chi connectivity index (χ3v) is 5.72. The molecule has 4 nitrogen and oxygen atoms in total. The summed E-state index contributed by atoms with van der Waals surface area (Å²) in [5.74, 6) is -0.327. The van der Waals surface area contributed by atoms with E-state index in [0.717, 1.165) is 36.3 Å². The van der Waals surface area contributed by atoms with E-state index in [4.69, 9.17) is 5.73 Å². The number of aryl methyl sites for hydroxylation is 1. The van der Waals surface area contributed by atoms with Crippen molar-refractivity contribution < 1.29 is 4.79 Å². The first-order chi connectivity index (χ1) is 12.5. The molecule has 2 N–H and O–H groups in total. The van der Waals surface area contributed by atoms with Gasteiger partial charge in [-0.3, -0.25) is 4.79 Å². The highest BCUT2D eigenvalue weighted by atomic mass is 16.1. The first-order valence-electron chi connectivity index (χ1n) is 9.84. The number of amides is 1. The molecule has 0 unspecified atom stereocenters. The molecule has 3 rings (SSSR count). The summed E-state index contributed by atoms with van der Waals surface area (Å²) < 4.78 is 2.33. The molecule has 0 atom stereocenters. The van der Waals surface area contributed by atoms with Crippen LogP contribution in [0.1, 0.15) is 53.5 Å². The smallest absolute Gasteiger partial charge is 0.251 e. The van der Waals surface area contributed by atoms with Gasteiger partial charge in [0.2, 0.25) is 0 Å². The van der Waals surface area contributed by atoms with Gasteiger partial charge in [-0.1, -0.05) is 37.6 Å². The lowest BCUT2D eigenvalue weighted by molar-refractivity contribution is 0.1000. The Morgan fingerprint density at radius 2 is 1.77 bits per heavy atom. The number of hydrogen-bond donors (Lipinski definition) is 1. The molecule has 0 bridgehead atoms. The van der Waals surface area contributed by atoms with E-state index in [1.165, 1.54) is 43.6 Å². The summed E-state index contributed by atoms with van der Waals surface area (Å²) in [6, 6.07) is 8.27. The average molecular weight is 354 g/mol. The number of benzene rings is 1. The molecule has 1 aliphatic heterocycles. The second-order valence-corrected chi connectivity index (χ2v) is 7.37. The number of primary amides is 1. The molecule has 140 valence electrons. The van der Waals surface area contributed by atoms with Crippen LogP contribution >= 0.6 is 0 Å². The molecule has 1 aromatic carbocycles. The van der Waals surface area contributed by atoms with Gasteiger partial charge in [-0.05, 0) is 57.3 Å². The van der Waals surface area contributed by atoms with E-state index < -0.39 is 0 Å². The zero-order valence-electron chi connectivity index (χ0n) is 16.3. The van der Waals surface area contributed by atoms with Crippen LogP contribution < -0.4 is 5.73 Å². The third-order valence-electron chi connectivity index (χ3n) is 5.72. The molecule has 26 heavy (non-hydrogen) atoms. The van der Waals surface area contributed by atoms with Crippen molar-refractivity contribution in [3.8, 4) is 11.1 Å². The fourth-order valence-electron chi connectivity index (χ4n) is 4.34. The number of aromatic nitrogens is 1. The topological polar surface area (TPSA) is 51.3 Å². The Morgan fingerprint density at radius 3 is 2.38 bits per heavy atom. The maximum absolute atomic E-state index is 12.3. The minimum atomic E-state index is -0.327. The molecule has 1 fully saturated rings. The van der Waals surface area contributed by atoms with Gasteiger partial charge in [0, 0.05) is 30.0 Å². The lowest BCUT2D eigenvalue weighted by Crippen LogP contribution is -2.33. The molecule has 2 heterocycles. The van der Waals surface area contributed by atoms with Gasteiger partial charge >= 0.3 is 0 Å². The van der Waals surface area contributed by atoms with E-state index >= 15 is 0 Å². The Hall–Kier alpha value is -2.07. The number of rotatable bonds is 6. The summed E-state index contributed by atoms with van der Waals surface area (Å²) in [4.78, 5) is 14.9. The SMILES string of the molecule is CCc1c(-c2ccccc2C)c(C(N)=O)c(C)n1CCN1CCCCC1. The number of likely N-dealkylation sites (tertiary alicyclic amines) is 1. The molecule has 1 aromatic heterocycles. The van der Waals surface area contributed by atoms with E-state index in [-0.39, 0.29) is 5.91 Å². The zero-order chi connectivity index (χ0) is 18.7. The third kappa shape index (κ3) is 3.56. The lowest BCUT2D eigenvalue weighted by Gasteiger charge is -2.27. The molecule has 0 saturated carbocycles. The minimum Gasteiger partial charge on any atom is -0.366 e. The minimum absolute atomic E-state index is 0.327. The molecule has 0 spiro atoms. The van der Waals surface area contributed by atoms with Crippen LogP contribution in [0.15, 0.2) is 24.3 Å². The fraction of sp³-hybridized carbons (Fsp3) is 0.500. The van der Waals surface area contributed by atoms with Crippen molar-refractivity contribution in [1.82, 2.24) is 9.47 Å². The van der Waals surface area contributed by atoms with Crippen LogP contribution in [-0.4, -0.2) is 35.0 Å². The predicted octanol–water partition coefficient (Wildman–Crippen LogP) is 3.92. The number of piperidine rings is 1. The fourth-order valence-corrected chi connectivity index (χ4v) is 4.34. The van der Waals surface area contributed by atoms with Gasteiger partial charge in [0.25, 0.3) is 5.91 Å². The average Bonchev–Trinajstić information content (AvgIpc) is 2.92. The van der Waals surface area contributed by atoms with Gasteiger partial charge in [-0.2, -0.15) is 0 Å².